The molecule has 0 bridgehead atoms. The van der Waals surface area contributed by atoms with E-state index in [-0.39, 0.29) is 12.0 Å². The van der Waals surface area contributed by atoms with Gasteiger partial charge in [-0.2, -0.15) is 10.2 Å². The molecule has 1 aromatic carbocycles. The third kappa shape index (κ3) is 5.42. The predicted octanol–water partition coefficient (Wildman–Crippen LogP) is 2.28. The van der Waals surface area contributed by atoms with E-state index < -0.39 is 0 Å². The van der Waals surface area contributed by atoms with E-state index in [0.29, 0.717) is 5.82 Å². The molecule has 24 heavy (non-hydrogen) atoms. The Balaban J connectivity index is 3.00. The van der Waals surface area contributed by atoms with Crippen molar-refractivity contribution in [2.75, 3.05) is 14.1 Å². The molecule has 1 atom stereocenters. The van der Waals surface area contributed by atoms with E-state index in [1.54, 1.807) is 47.7 Å². The highest BCUT2D eigenvalue weighted by molar-refractivity contribution is 5.98. The van der Waals surface area contributed by atoms with Crippen LogP contribution in [0, 0.1) is 5.82 Å². The minimum atomic E-state index is -0.275. The minimum Gasteiger partial charge on any atom is -0.391 e. The van der Waals surface area contributed by atoms with Crippen LogP contribution in [0.1, 0.15) is 19.4 Å². The lowest BCUT2D eigenvalue weighted by molar-refractivity contribution is 0.109. The normalized spacial score (nSPS) is 13.7. The smallest absolute Gasteiger partial charge is 0.138 e. The molecule has 0 spiro atoms. The summed E-state index contributed by atoms with van der Waals surface area (Å²) in [6.45, 7) is 7.39. The molecule has 0 aliphatic carbocycles. The Morgan fingerprint density at radius 1 is 1.38 bits per heavy atom. The average Bonchev–Trinajstić information content (AvgIpc) is 2.55. The fourth-order valence-corrected chi connectivity index (χ4v) is 1.94. The van der Waals surface area contributed by atoms with Crippen molar-refractivity contribution in [3.05, 3.63) is 60.3 Å². The van der Waals surface area contributed by atoms with Gasteiger partial charge in [-0.25, -0.2) is 9.40 Å². The third-order valence-electron chi connectivity index (χ3n) is 3.32. The van der Waals surface area contributed by atoms with Crippen molar-refractivity contribution in [3.63, 3.8) is 0 Å². The van der Waals surface area contributed by atoms with Crippen LogP contribution >= 0.6 is 0 Å². The Labute approximate surface area is 142 Å². The molecule has 6 nitrogen and oxygen atoms in total. The predicted molar refractivity (Wildman–Crippen MR) is 97.7 cm³/mol. The molecule has 130 valence electrons. The van der Waals surface area contributed by atoms with Crippen molar-refractivity contribution >= 4 is 11.9 Å². The van der Waals surface area contributed by atoms with Gasteiger partial charge in [0.1, 0.15) is 17.8 Å². The summed E-state index contributed by atoms with van der Waals surface area (Å²) in [7, 11) is 3.58. The largest absolute Gasteiger partial charge is 0.391 e. The zero-order valence-electron chi connectivity index (χ0n) is 14.6. The fraction of sp³-hybridized carbons (Fsp3) is 0.294. The Morgan fingerprint density at radius 3 is 2.54 bits per heavy atom. The maximum absolute atomic E-state index is 13.0. The van der Waals surface area contributed by atoms with Gasteiger partial charge in [-0.1, -0.05) is 18.7 Å². The number of nitrogens with one attached hydrogen (secondary N) is 1. The topological polar surface area (TPSA) is 69.2 Å². The second kappa shape index (κ2) is 9.34. The SMILES string of the molecule is C=C/C=N\N(/C(N)=C\NC)C(C)N(C)/N=C(\C)c1ccc(F)cc1. The number of hydrogen-bond donors (Lipinski definition) is 2. The van der Waals surface area contributed by atoms with Crippen LogP contribution in [-0.4, -0.2) is 42.2 Å². The summed E-state index contributed by atoms with van der Waals surface area (Å²) in [5.41, 5.74) is 7.63. The van der Waals surface area contributed by atoms with Crippen molar-refractivity contribution in [1.82, 2.24) is 15.3 Å². The summed E-state index contributed by atoms with van der Waals surface area (Å²) >= 11 is 0. The third-order valence-corrected chi connectivity index (χ3v) is 3.32. The van der Waals surface area contributed by atoms with Crippen LogP contribution in [0.4, 0.5) is 4.39 Å². The molecule has 0 saturated carbocycles. The van der Waals surface area contributed by atoms with Crippen LogP contribution in [0.2, 0.25) is 0 Å². The van der Waals surface area contributed by atoms with Crippen LogP contribution in [0.25, 0.3) is 0 Å². The van der Waals surface area contributed by atoms with Crippen molar-refractivity contribution < 1.29 is 4.39 Å². The molecule has 7 heteroatoms. The lowest BCUT2D eigenvalue weighted by Crippen LogP contribution is -2.41. The molecule has 0 heterocycles. The fourth-order valence-electron chi connectivity index (χ4n) is 1.94. The average molecular weight is 332 g/mol. The van der Waals surface area contributed by atoms with Crippen LogP contribution in [0.5, 0.6) is 0 Å². The molecule has 1 rings (SSSR count). The van der Waals surface area contributed by atoms with Crippen molar-refractivity contribution in [3.8, 4) is 0 Å². The van der Waals surface area contributed by atoms with Crippen LogP contribution in [0.3, 0.4) is 0 Å². The summed E-state index contributed by atoms with van der Waals surface area (Å²) in [4.78, 5) is 0. The van der Waals surface area contributed by atoms with Gasteiger partial charge >= 0.3 is 0 Å². The molecular weight excluding hydrogens is 307 g/mol. The monoisotopic (exact) mass is 332 g/mol. The van der Waals surface area contributed by atoms with E-state index in [0.717, 1.165) is 11.3 Å². The maximum Gasteiger partial charge on any atom is 0.138 e. The zero-order valence-corrected chi connectivity index (χ0v) is 14.6. The highest BCUT2D eigenvalue weighted by atomic mass is 19.1. The molecule has 1 aromatic rings. The second-order valence-corrected chi connectivity index (χ2v) is 5.10. The molecule has 0 amide bonds. The van der Waals surface area contributed by atoms with Gasteiger partial charge in [0, 0.05) is 26.5 Å². The number of allylic oxidation sites excluding steroid dienone is 1. The van der Waals surface area contributed by atoms with E-state index in [9.17, 15) is 4.39 Å². The van der Waals surface area contributed by atoms with Crippen LogP contribution in [0.15, 0.2) is 59.1 Å². The number of nitrogens with two attached hydrogens (primary N) is 1. The van der Waals surface area contributed by atoms with Crippen molar-refractivity contribution in [2.45, 2.75) is 20.0 Å². The number of nitrogens with zero attached hydrogens (tertiary/aromatic N) is 4. The first-order valence-corrected chi connectivity index (χ1v) is 7.51. The molecule has 0 radical (unpaired) electrons. The van der Waals surface area contributed by atoms with Gasteiger partial charge in [0.2, 0.25) is 0 Å². The Bertz CT molecular complexity index is 620. The first kappa shape index (κ1) is 19.2. The Hall–Kier alpha value is -2.83. The van der Waals surface area contributed by atoms with Gasteiger partial charge in [-0.3, -0.25) is 5.01 Å². The first-order valence-electron chi connectivity index (χ1n) is 7.51. The van der Waals surface area contributed by atoms with E-state index in [2.05, 4.69) is 22.1 Å². The van der Waals surface area contributed by atoms with Gasteiger partial charge < -0.3 is 11.1 Å². The number of hydrogen-bond acceptors (Lipinski definition) is 6. The Morgan fingerprint density at radius 2 is 2.00 bits per heavy atom. The molecule has 3 N–H and O–H groups in total. The maximum atomic E-state index is 13.0. The van der Waals surface area contributed by atoms with Crippen molar-refractivity contribution in [1.29, 1.82) is 0 Å². The molecule has 0 aliphatic rings. The quantitative estimate of drug-likeness (QED) is 0.435. The first-order chi connectivity index (χ1) is 11.4. The summed E-state index contributed by atoms with van der Waals surface area (Å²) in [5.74, 6) is 0.160. The summed E-state index contributed by atoms with van der Waals surface area (Å²) in [6.07, 6.45) is 4.51. The molecule has 0 saturated heterocycles. The standard InChI is InChI=1S/C17H25FN6/c1-6-11-21-24(17(19)12-20-4)14(3)23(5)22-13(2)15-7-9-16(18)10-8-15/h6-12,14,20H,1,19H2,2-5H3/b17-12-,21-11-,22-13+. The van der Waals surface area contributed by atoms with E-state index in [1.165, 1.54) is 12.1 Å². The van der Waals surface area contributed by atoms with E-state index in [4.69, 9.17) is 5.73 Å². The summed E-state index contributed by atoms with van der Waals surface area (Å²) in [5, 5.41) is 15.0. The van der Waals surface area contributed by atoms with E-state index in [1.807, 2.05) is 20.9 Å². The van der Waals surface area contributed by atoms with E-state index >= 15 is 0 Å². The Kier molecular flexibility index (Phi) is 7.48. The lowest BCUT2D eigenvalue weighted by atomic mass is 10.1. The lowest BCUT2D eigenvalue weighted by Gasteiger charge is -2.31. The van der Waals surface area contributed by atoms with Gasteiger partial charge in [0.15, 0.2) is 0 Å². The number of halogens is 1. The van der Waals surface area contributed by atoms with Crippen LogP contribution in [-0.2, 0) is 0 Å². The number of benzene rings is 1. The van der Waals surface area contributed by atoms with Crippen LogP contribution < -0.4 is 11.1 Å². The van der Waals surface area contributed by atoms with Gasteiger partial charge in [-0.15, -0.1) is 0 Å². The van der Waals surface area contributed by atoms with Gasteiger partial charge in [0.05, 0.1) is 5.71 Å². The summed E-state index contributed by atoms with van der Waals surface area (Å²) < 4.78 is 13.0. The highest BCUT2D eigenvalue weighted by Crippen LogP contribution is 2.11. The molecule has 0 fully saturated rings. The molecular formula is C17H25FN6. The second-order valence-electron chi connectivity index (χ2n) is 5.10. The van der Waals surface area contributed by atoms with Crippen molar-refractivity contribution in [2.24, 2.45) is 15.9 Å². The van der Waals surface area contributed by atoms with Gasteiger partial charge in [-0.05, 0) is 37.6 Å². The molecule has 0 aliphatic heterocycles. The highest BCUT2D eigenvalue weighted by Gasteiger charge is 2.18. The minimum absolute atomic E-state index is 0.249. The molecule has 1 unspecified atom stereocenters. The van der Waals surface area contributed by atoms with Gasteiger partial charge in [0.25, 0.3) is 0 Å². The molecule has 0 aromatic heterocycles. The summed E-state index contributed by atoms with van der Waals surface area (Å²) in [6, 6.07) is 6.20. The number of hydrazone groups is 2. The number of rotatable bonds is 8. The zero-order chi connectivity index (χ0) is 18.1.